The fraction of sp³-hybridized carbons (Fsp3) is 0.231. The fourth-order valence-electron chi connectivity index (χ4n) is 1.72. The summed E-state index contributed by atoms with van der Waals surface area (Å²) in [5, 5.41) is 2.79. The van der Waals surface area contributed by atoms with Crippen LogP contribution >= 0.6 is 0 Å². The van der Waals surface area contributed by atoms with Crippen molar-refractivity contribution in [2.45, 2.75) is 6.54 Å². The van der Waals surface area contributed by atoms with Crippen molar-refractivity contribution in [3.63, 3.8) is 0 Å². The Kier molecular flexibility index (Phi) is 3.70. The van der Waals surface area contributed by atoms with E-state index in [-0.39, 0.29) is 5.91 Å². The van der Waals surface area contributed by atoms with Crippen LogP contribution in [-0.2, 0) is 13.6 Å². The van der Waals surface area contributed by atoms with Crippen molar-refractivity contribution in [1.82, 2.24) is 14.9 Å². The lowest BCUT2D eigenvalue weighted by atomic mass is 10.1. The van der Waals surface area contributed by atoms with Gasteiger partial charge in [0.2, 0.25) is 0 Å². The molecule has 19 heavy (non-hydrogen) atoms. The minimum absolute atomic E-state index is 0.243. The van der Waals surface area contributed by atoms with Gasteiger partial charge in [-0.1, -0.05) is 0 Å². The molecule has 1 aromatic heterocycles. The van der Waals surface area contributed by atoms with Crippen molar-refractivity contribution in [1.29, 1.82) is 0 Å². The Balaban J connectivity index is 2.12. The van der Waals surface area contributed by atoms with Crippen LogP contribution in [-0.4, -0.2) is 22.6 Å². The number of nitrogens with one attached hydrogen (secondary N) is 1. The van der Waals surface area contributed by atoms with Gasteiger partial charge in [0.15, 0.2) is 0 Å². The highest BCUT2D eigenvalue weighted by atomic mass is 16.5. The second-order valence-corrected chi connectivity index (χ2v) is 4.10. The van der Waals surface area contributed by atoms with Crippen LogP contribution in [0, 0.1) is 0 Å². The van der Waals surface area contributed by atoms with Crippen molar-refractivity contribution in [2.75, 3.05) is 12.8 Å². The number of carbonyl (C=O) groups is 1. The monoisotopic (exact) mass is 260 g/mol. The lowest BCUT2D eigenvalue weighted by Gasteiger charge is -2.10. The van der Waals surface area contributed by atoms with E-state index in [2.05, 4.69) is 10.3 Å². The highest BCUT2D eigenvalue weighted by molar-refractivity contribution is 5.97. The standard InChI is InChI=1S/C13H16N4O2/c1-17-6-5-15-12(17)8-16-13(18)10-7-9(14)3-4-11(10)19-2/h3-7H,8,14H2,1-2H3,(H,16,18). The van der Waals surface area contributed by atoms with E-state index in [1.54, 1.807) is 24.4 Å². The first-order valence-electron chi connectivity index (χ1n) is 5.79. The summed E-state index contributed by atoms with van der Waals surface area (Å²) in [6, 6.07) is 4.95. The van der Waals surface area contributed by atoms with Gasteiger partial charge in [0.25, 0.3) is 5.91 Å². The molecule has 6 nitrogen and oxygen atoms in total. The van der Waals surface area contributed by atoms with Gasteiger partial charge < -0.3 is 20.4 Å². The van der Waals surface area contributed by atoms with E-state index in [1.807, 2.05) is 17.8 Å². The summed E-state index contributed by atoms with van der Waals surface area (Å²) in [7, 11) is 3.39. The van der Waals surface area contributed by atoms with Gasteiger partial charge in [-0.2, -0.15) is 0 Å². The van der Waals surface area contributed by atoms with Gasteiger partial charge in [0.05, 0.1) is 19.2 Å². The number of rotatable bonds is 4. The first kappa shape index (κ1) is 12.9. The predicted octanol–water partition coefficient (Wildman–Crippen LogP) is 0.941. The molecule has 0 fully saturated rings. The number of nitrogens with two attached hydrogens (primary N) is 1. The third-order valence-corrected chi connectivity index (χ3v) is 2.80. The number of imidazole rings is 1. The zero-order chi connectivity index (χ0) is 13.8. The molecule has 0 bridgehead atoms. The summed E-state index contributed by atoms with van der Waals surface area (Å²) in [6.45, 7) is 0.348. The number of carbonyl (C=O) groups excluding carboxylic acids is 1. The van der Waals surface area contributed by atoms with Crippen molar-refractivity contribution in [3.8, 4) is 5.75 Å². The van der Waals surface area contributed by atoms with Gasteiger partial charge >= 0.3 is 0 Å². The van der Waals surface area contributed by atoms with Crippen LogP contribution in [0.4, 0.5) is 5.69 Å². The van der Waals surface area contributed by atoms with E-state index in [9.17, 15) is 4.79 Å². The number of hydrogen-bond acceptors (Lipinski definition) is 4. The minimum Gasteiger partial charge on any atom is -0.496 e. The summed E-state index contributed by atoms with van der Waals surface area (Å²) < 4.78 is 6.99. The Bertz CT molecular complexity index is 592. The lowest BCUT2D eigenvalue weighted by molar-refractivity contribution is 0.0946. The SMILES string of the molecule is COc1ccc(N)cc1C(=O)NCc1nccn1C. The molecule has 3 N–H and O–H groups in total. The van der Waals surface area contributed by atoms with E-state index in [1.165, 1.54) is 7.11 Å². The fourth-order valence-corrected chi connectivity index (χ4v) is 1.72. The molecule has 0 aliphatic carbocycles. The quantitative estimate of drug-likeness (QED) is 0.801. The number of hydrogen-bond donors (Lipinski definition) is 2. The summed E-state index contributed by atoms with van der Waals surface area (Å²) in [4.78, 5) is 16.2. The molecule has 1 amide bonds. The molecule has 0 radical (unpaired) electrons. The number of methoxy groups -OCH3 is 1. The van der Waals surface area contributed by atoms with Gasteiger partial charge in [0.1, 0.15) is 11.6 Å². The summed E-state index contributed by atoms with van der Waals surface area (Å²) in [5.74, 6) is 1.02. The first-order valence-corrected chi connectivity index (χ1v) is 5.79. The Labute approximate surface area is 111 Å². The number of nitrogen functional groups attached to an aromatic ring is 1. The molecule has 0 unspecified atom stereocenters. The zero-order valence-electron chi connectivity index (χ0n) is 10.9. The maximum Gasteiger partial charge on any atom is 0.255 e. The van der Waals surface area contributed by atoms with E-state index < -0.39 is 0 Å². The molecule has 0 saturated heterocycles. The number of anilines is 1. The van der Waals surface area contributed by atoms with Crippen molar-refractivity contribution < 1.29 is 9.53 Å². The van der Waals surface area contributed by atoms with E-state index in [0.29, 0.717) is 23.5 Å². The van der Waals surface area contributed by atoms with Crippen LogP contribution in [0.25, 0.3) is 0 Å². The van der Waals surface area contributed by atoms with E-state index in [0.717, 1.165) is 5.82 Å². The molecule has 0 aliphatic rings. The van der Waals surface area contributed by atoms with Gasteiger partial charge in [0, 0.05) is 25.1 Å². The highest BCUT2D eigenvalue weighted by Crippen LogP contribution is 2.20. The maximum atomic E-state index is 12.1. The number of ether oxygens (including phenoxy) is 1. The van der Waals surface area contributed by atoms with Gasteiger partial charge in [-0.15, -0.1) is 0 Å². The molecule has 0 saturated carbocycles. The van der Waals surface area contributed by atoms with Crippen LogP contribution in [0.5, 0.6) is 5.75 Å². The molecular formula is C13H16N4O2. The van der Waals surface area contributed by atoms with Crippen LogP contribution in [0.15, 0.2) is 30.6 Å². The summed E-state index contributed by atoms with van der Waals surface area (Å²) >= 11 is 0. The predicted molar refractivity (Wildman–Crippen MR) is 71.8 cm³/mol. The zero-order valence-corrected chi connectivity index (χ0v) is 10.9. The number of amides is 1. The number of aryl methyl sites for hydroxylation is 1. The Hall–Kier alpha value is -2.50. The van der Waals surface area contributed by atoms with Crippen molar-refractivity contribution in [3.05, 3.63) is 42.0 Å². The third-order valence-electron chi connectivity index (χ3n) is 2.80. The van der Waals surface area contributed by atoms with Crippen molar-refractivity contribution in [2.24, 2.45) is 7.05 Å². The molecule has 0 aliphatic heterocycles. The largest absolute Gasteiger partial charge is 0.496 e. The molecular weight excluding hydrogens is 244 g/mol. The topological polar surface area (TPSA) is 82.2 Å². The molecule has 0 spiro atoms. The van der Waals surface area contributed by atoms with Crippen LogP contribution in [0.2, 0.25) is 0 Å². The third kappa shape index (κ3) is 2.85. The molecule has 2 rings (SSSR count). The van der Waals surface area contributed by atoms with Gasteiger partial charge in [-0.3, -0.25) is 4.79 Å². The molecule has 0 atom stereocenters. The maximum absolute atomic E-state index is 12.1. The normalized spacial score (nSPS) is 10.2. The highest BCUT2D eigenvalue weighted by Gasteiger charge is 2.13. The second kappa shape index (κ2) is 5.43. The minimum atomic E-state index is -0.243. The smallest absolute Gasteiger partial charge is 0.255 e. The molecule has 6 heteroatoms. The number of benzene rings is 1. The van der Waals surface area contributed by atoms with Crippen LogP contribution in [0.1, 0.15) is 16.2 Å². The molecule has 2 aromatic rings. The van der Waals surface area contributed by atoms with Crippen molar-refractivity contribution >= 4 is 11.6 Å². The molecule has 100 valence electrons. The van der Waals surface area contributed by atoms with E-state index >= 15 is 0 Å². The second-order valence-electron chi connectivity index (χ2n) is 4.10. The number of aromatic nitrogens is 2. The molecule has 1 aromatic carbocycles. The Morgan fingerprint density at radius 2 is 2.32 bits per heavy atom. The Morgan fingerprint density at radius 3 is 2.95 bits per heavy atom. The lowest BCUT2D eigenvalue weighted by Crippen LogP contribution is -2.25. The van der Waals surface area contributed by atoms with Crippen LogP contribution in [0.3, 0.4) is 0 Å². The number of nitrogens with zero attached hydrogens (tertiary/aromatic N) is 2. The van der Waals surface area contributed by atoms with Crippen LogP contribution < -0.4 is 15.8 Å². The van der Waals surface area contributed by atoms with Gasteiger partial charge in [-0.05, 0) is 18.2 Å². The average Bonchev–Trinajstić information content (AvgIpc) is 2.81. The summed E-state index contributed by atoms with van der Waals surface area (Å²) in [6.07, 6.45) is 3.51. The Morgan fingerprint density at radius 1 is 1.53 bits per heavy atom. The first-order chi connectivity index (χ1) is 9.11. The average molecular weight is 260 g/mol. The summed E-state index contributed by atoms with van der Waals surface area (Å²) in [5.41, 5.74) is 6.61. The van der Waals surface area contributed by atoms with E-state index in [4.69, 9.17) is 10.5 Å². The molecule has 1 heterocycles. The van der Waals surface area contributed by atoms with Gasteiger partial charge in [-0.25, -0.2) is 4.98 Å².